The summed E-state index contributed by atoms with van der Waals surface area (Å²) >= 11 is 0. The summed E-state index contributed by atoms with van der Waals surface area (Å²) in [6.07, 6.45) is 1.69. The van der Waals surface area contributed by atoms with Crippen molar-refractivity contribution in [3.8, 4) is 5.75 Å². The van der Waals surface area contributed by atoms with Crippen LogP contribution >= 0.6 is 0 Å². The van der Waals surface area contributed by atoms with Gasteiger partial charge in [0.15, 0.2) is 5.69 Å². The van der Waals surface area contributed by atoms with Crippen molar-refractivity contribution in [3.63, 3.8) is 0 Å². The molecule has 0 aliphatic heterocycles. The summed E-state index contributed by atoms with van der Waals surface area (Å²) in [6.45, 7) is 3.09. The smallest absolute Gasteiger partial charge is 0.292 e. The van der Waals surface area contributed by atoms with Gasteiger partial charge in [-0.3, -0.25) is 14.0 Å². The molecule has 0 unspecified atom stereocenters. The summed E-state index contributed by atoms with van der Waals surface area (Å²) in [5.74, 6) is -0.130. The van der Waals surface area contributed by atoms with Crippen molar-refractivity contribution in [2.45, 2.75) is 6.92 Å². The molecule has 0 saturated heterocycles. The summed E-state index contributed by atoms with van der Waals surface area (Å²) in [5.41, 5.74) is 1.26. The van der Waals surface area contributed by atoms with Gasteiger partial charge in [-0.25, -0.2) is 4.98 Å². The number of pyridine rings is 1. The lowest BCUT2D eigenvalue weighted by atomic mass is 10.3. The molecular formula is C20H22N4O4. The number of methoxy groups -OCH3 is 1. The number of rotatable bonds is 8. The highest BCUT2D eigenvalue weighted by molar-refractivity contribution is 6.06. The first-order chi connectivity index (χ1) is 13.7. The van der Waals surface area contributed by atoms with Crippen molar-refractivity contribution in [1.29, 1.82) is 0 Å². The average Bonchev–Trinajstić information content (AvgIpc) is 3.10. The van der Waals surface area contributed by atoms with Gasteiger partial charge >= 0.3 is 0 Å². The van der Waals surface area contributed by atoms with Gasteiger partial charge in [-0.05, 0) is 31.2 Å². The third-order valence-corrected chi connectivity index (χ3v) is 3.99. The lowest BCUT2D eigenvalue weighted by Gasteiger charge is -2.10. The highest BCUT2D eigenvalue weighted by Gasteiger charge is 2.22. The number of nitrogens with one attached hydrogen (secondary N) is 2. The van der Waals surface area contributed by atoms with Crippen molar-refractivity contribution in [2.75, 3.05) is 32.2 Å². The normalized spacial score (nSPS) is 10.6. The predicted octanol–water partition coefficient (Wildman–Crippen LogP) is 2.36. The summed E-state index contributed by atoms with van der Waals surface area (Å²) in [7, 11) is 1.56. The Kier molecular flexibility index (Phi) is 6.23. The number of fused-ring (bicyclic) bond motifs is 1. The minimum absolute atomic E-state index is 0.110. The van der Waals surface area contributed by atoms with Crippen LogP contribution in [0.4, 0.5) is 5.69 Å². The number of hydrogen-bond donors (Lipinski definition) is 2. The van der Waals surface area contributed by atoms with E-state index in [0.717, 1.165) is 0 Å². The number of carbonyl (C=O) groups excluding carboxylic acids is 2. The van der Waals surface area contributed by atoms with E-state index >= 15 is 0 Å². The Morgan fingerprint density at radius 3 is 2.68 bits per heavy atom. The highest BCUT2D eigenvalue weighted by atomic mass is 16.5. The molecular weight excluding hydrogens is 360 g/mol. The Morgan fingerprint density at radius 2 is 1.89 bits per heavy atom. The third kappa shape index (κ3) is 4.12. The Labute approximate surface area is 162 Å². The second-order valence-electron chi connectivity index (χ2n) is 5.87. The van der Waals surface area contributed by atoms with E-state index in [2.05, 4.69) is 15.6 Å². The SMILES string of the molecule is CCOc1ccccc1NC(=O)c1nc(C(=O)NCCOC)c2ccccn12. The molecule has 0 fully saturated rings. The van der Waals surface area contributed by atoms with Gasteiger partial charge in [-0.1, -0.05) is 18.2 Å². The Bertz CT molecular complexity index is 983. The van der Waals surface area contributed by atoms with Crippen LogP contribution in [0.15, 0.2) is 48.7 Å². The highest BCUT2D eigenvalue weighted by Crippen LogP contribution is 2.24. The molecule has 0 bridgehead atoms. The van der Waals surface area contributed by atoms with E-state index < -0.39 is 5.91 Å². The molecule has 1 aromatic carbocycles. The van der Waals surface area contributed by atoms with E-state index in [-0.39, 0.29) is 17.4 Å². The lowest BCUT2D eigenvalue weighted by molar-refractivity contribution is 0.0934. The zero-order valence-corrected chi connectivity index (χ0v) is 15.8. The van der Waals surface area contributed by atoms with Gasteiger partial charge in [0.1, 0.15) is 5.75 Å². The quantitative estimate of drug-likeness (QED) is 0.584. The van der Waals surface area contributed by atoms with E-state index in [4.69, 9.17) is 9.47 Å². The molecule has 0 saturated carbocycles. The first-order valence-electron chi connectivity index (χ1n) is 8.93. The molecule has 28 heavy (non-hydrogen) atoms. The monoisotopic (exact) mass is 382 g/mol. The largest absolute Gasteiger partial charge is 0.492 e. The second kappa shape index (κ2) is 9.01. The number of ether oxygens (including phenoxy) is 2. The number of carbonyl (C=O) groups is 2. The maximum atomic E-state index is 12.9. The number of amides is 2. The van der Waals surface area contributed by atoms with Gasteiger partial charge < -0.3 is 20.1 Å². The predicted molar refractivity (Wildman–Crippen MR) is 105 cm³/mol. The Morgan fingerprint density at radius 1 is 1.11 bits per heavy atom. The molecule has 0 radical (unpaired) electrons. The third-order valence-electron chi connectivity index (χ3n) is 3.99. The van der Waals surface area contributed by atoms with Crippen LogP contribution in [-0.4, -0.2) is 48.1 Å². The number of nitrogens with zero attached hydrogens (tertiary/aromatic N) is 2. The topological polar surface area (TPSA) is 94.0 Å². The lowest BCUT2D eigenvalue weighted by Crippen LogP contribution is -2.27. The average molecular weight is 382 g/mol. The molecule has 8 nitrogen and oxygen atoms in total. The Balaban J connectivity index is 1.91. The van der Waals surface area contributed by atoms with Gasteiger partial charge in [0, 0.05) is 19.9 Å². The van der Waals surface area contributed by atoms with Crippen LogP contribution in [-0.2, 0) is 4.74 Å². The standard InChI is InChI=1S/C20H22N4O4/c1-3-28-16-10-5-4-8-14(16)22-20(26)18-23-17(19(25)21-11-13-27-2)15-9-6-7-12-24(15)18/h4-10,12H,3,11,13H2,1-2H3,(H,21,25)(H,22,26). The van der Waals surface area contributed by atoms with Gasteiger partial charge in [0.25, 0.3) is 11.8 Å². The zero-order chi connectivity index (χ0) is 19.9. The molecule has 2 aromatic heterocycles. The van der Waals surface area contributed by atoms with E-state index in [1.807, 2.05) is 13.0 Å². The number of para-hydroxylation sites is 2. The molecule has 3 aromatic rings. The molecule has 0 atom stereocenters. The Hall–Kier alpha value is -3.39. The number of aromatic nitrogens is 2. The number of imidazole rings is 1. The van der Waals surface area contributed by atoms with Crippen LogP contribution in [0.5, 0.6) is 5.75 Å². The van der Waals surface area contributed by atoms with Crippen molar-refractivity contribution in [3.05, 3.63) is 60.2 Å². The van der Waals surface area contributed by atoms with Crippen LogP contribution in [0.2, 0.25) is 0 Å². The summed E-state index contributed by atoms with van der Waals surface area (Å²) in [6, 6.07) is 12.4. The minimum Gasteiger partial charge on any atom is -0.492 e. The summed E-state index contributed by atoms with van der Waals surface area (Å²) < 4.78 is 12.1. The van der Waals surface area contributed by atoms with Crippen molar-refractivity contribution in [2.24, 2.45) is 0 Å². The number of anilines is 1. The summed E-state index contributed by atoms with van der Waals surface area (Å²) in [4.78, 5) is 29.6. The number of benzene rings is 1. The first kappa shape index (κ1) is 19.4. The molecule has 0 aliphatic carbocycles. The van der Waals surface area contributed by atoms with E-state index in [0.29, 0.717) is 36.7 Å². The maximum Gasteiger partial charge on any atom is 0.292 e. The van der Waals surface area contributed by atoms with Crippen LogP contribution in [0.25, 0.3) is 5.52 Å². The van der Waals surface area contributed by atoms with Gasteiger partial charge in [-0.15, -0.1) is 0 Å². The molecule has 146 valence electrons. The van der Waals surface area contributed by atoms with Crippen molar-refractivity contribution >= 4 is 23.0 Å². The van der Waals surface area contributed by atoms with Gasteiger partial charge in [-0.2, -0.15) is 0 Å². The van der Waals surface area contributed by atoms with E-state index in [9.17, 15) is 9.59 Å². The molecule has 2 N–H and O–H groups in total. The number of hydrogen-bond acceptors (Lipinski definition) is 5. The molecule has 8 heteroatoms. The molecule has 0 aliphatic rings. The fourth-order valence-corrected chi connectivity index (χ4v) is 2.74. The van der Waals surface area contributed by atoms with Crippen LogP contribution < -0.4 is 15.4 Å². The maximum absolute atomic E-state index is 12.9. The molecule has 0 spiro atoms. The van der Waals surface area contributed by atoms with Crippen LogP contribution in [0.3, 0.4) is 0 Å². The van der Waals surface area contributed by atoms with Gasteiger partial charge in [0.05, 0.1) is 24.4 Å². The first-order valence-corrected chi connectivity index (χ1v) is 8.93. The van der Waals surface area contributed by atoms with E-state index in [1.54, 1.807) is 54.1 Å². The molecule has 3 rings (SSSR count). The van der Waals surface area contributed by atoms with Gasteiger partial charge in [0.2, 0.25) is 5.82 Å². The minimum atomic E-state index is -0.440. The summed E-state index contributed by atoms with van der Waals surface area (Å²) in [5, 5.41) is 5.54. The fraction of sp³-hybridized carbons (Fsp3) is 0.250. The molecule has 2 heterocycles. The fourth-order valence-electron chi connectivity index (χ4n) is 2.74. The van der Waals surface area contributed by atoms with Crippen LogP contribution in [0, 0.1) is 0 Å². The van der Waals surface area contributed by atoms with Crippen molar-refractivity contribution in [1.82, 2.24) is 14.7 Å². The zero-order valence-electron chi connectivity index (χ0n) is 15.8. The van der Waals surface area contributed by atoms with Crippen molar-refractivity contribution < 1.29 is 19.1 Å². The molecule has 2 amide bonds. The van der Waals surface area contributed by atoms with E-state index in [1.165, 1.54) is 0 Å². The second-order valence-corrected chi connectivity index (χ2v) is 5.87. The van der Waals surface area contributed by atoms with Crippen LogP contribution in [0.1, 0.15) is 28.0 Å².